The van der Waals surface area contributed by atoms with Gasteiger partial charge >= 0.3 is 6.03 Å². The molecule has 0 aliphatic heterocycles. The first-order valence-corrected chi connectivity index (χ1v) is 7.73. The number of aliphatic hydroxyl groups is 1. The van der Waals surface area contributed by atoms with Crippen molar-refractivity contribution in [1.29, 1.82) is 0 Å². The first-order chi connectivity index (χ1) is 11.1. The second-order valence-electron chi connectivity index (χ2n) is 5.89. The fourth-order valence-corrected chi connectivity index (χ4v) is 2.36. The molecule has 6 heteroatoms. The minimum atomic E-state index is -0.447. The molecule has 0 bridgehead atoms. The third-order valence-electron chi connectivity index (χ3n) is 3.94. The average molecular weight is 312 g/mol. The van der Waals surface area contributed by atoms with Crippen molar-refractivity contribution >= 4 is 11.8 Å². The third kappa shape index (κ3) is 4.04. The summed E-state index contributed by atoms with van der Waals surface area (Å²) < 4.78 is 0. The minimum absolute atomic E-state index is 0.300. The Labute approximate surface area is 135 Å². The lowest BCUT2D eigenvalue weighted by Crippen LogP contribution is -2.38. The Hall–Kier alpha value is -2.47. The molecule has 1 aliphatic rings. The Kier molecular flexibility index (Phi) is 4.52. The number of carbonyl (C=O) groups excluding carboxylic acids is 1. The van der Waals surface area contributed by atoms with E-state index in [1.807, 2.05) is 36.4 Å². The fraction of sp³-hybridized carbons (Fsp3) is 0.353. The van der Waals surface area contributed by atoms with E-state index in [2.05, 4.69) is 15.5 Å². The van der Waals surface area contributed by atoms with E-state index in [1.165, 1.54) is 4.90 Å². The lowest BCUT2D eigenvalue weighted by Gasteiger charge is -2.20. The van der Waals surface area contributed by atoms with Crippen molar-refractivity contribution in [1.82, 2.24) is 15.1 Å². The predicted octanol–water partition coefficient (Wildman–Crippen LogP) is 2.38. The molecule has 0 radical (unpaired) electrons. The van der Waals surface area contributed by atoms with Crippen LogP contribution in [0.2, 0.25) is 0 Å². The van der Waals surface area contributed by atoms with Crippen molar-refractivity contribution in [3.63, 3.8) is 0 Å². The summed E-state index contributed by atoms with van der Waals surface area (Å²) in [4.78, 5) is 13.5. The second kappa shape index (κ2) is 6.75. The van der Waals surface area contributed by atoms with Gasteiger partial charge in [-0.25, -0.2) is 4.79 Å². The number of hydrogen-bond acceptors (Lipinski definition) is 4. The molecule has 2 amide bonds. The van der Waals surface area contributed by atoms with E-state index in [0.29, 0.717) is 18.3 Å². The van der Waals surface area contributed by atoms with Gasteiger partial charge in [0.25, 0.3) is 0 Å². The molecule has 1 aromatic heterocycles. The zero-order chi connectivity index (χ0) is 16.2. The van der Waals surface area contributed by atoms with Crippen molar-refractivity contribution in [3.05, 3.63) is 42.5 Å². The number of carbonyl (C=O) groups is 1. The van der Waals surface area contributed by atoms with Crippen LogP contribution in [0, 0.1) is 5.92 Å². The summed E-state index contributed by atoms with van der Waals surface area (Å²) in [6.07, 6.45) is 1.64. The van der Waals surface area contributed by atoms with Crippen molar-refractivity contribution in [2.24, 2.45) is 5.92 Å². The number of aliphatic hydroxyl groups excluding tert-OH is 1. The van der Waals surface area contributed by atoms with E-state index in [4.69, 9.17) is 0 Å². The number of likely N-dealkylation sites (N-methyl/N-ethyl adjacent to an activating group) is 1. The molecule has 0 spiro atoms. The van der Waals surface area contributed by atoms with Gasteiger partial charge in [-0.1, -0.05) is 30.3 Å². The monoisotopic (exact) mass is 312 g/mol. The molecule has 1 saturated carbocycles. The van der Waals surface area contributed by atoms with Gasteiger partial charge in [0, 0.05) is 19.2 Å². The number of nitrogens with zero attached hydrogens (tertiary/aromatic N) is 3. The minimum Gasteiger partial charge on any atom is -0.391 e. The average Bonchev–Trinajstić information content (AvgIpc) is 3.41. The van der Waals surface area contributed by atoms with Crippen LogP contribution in [0.25, 0.3) is 11.3 Å². The largest absolute Gasteiger partial charge is 0.391 e. The number of aromatic nitrogens is 2. The summed E-state index contributed by atoms with van der Waals surface area (Å²) in [5.41, 5.74) is 1.73. The SMILES string of the molecule is CN(CC(O)C1CC1)C(=O)Nc1ccc(-c2ccccc2)nn1. The van der Waals surface area contributed by atoms with Gasteiger partial charge in [-0.3, -0.25) is 5.32 Å². The van der Waals surface area contributed by atoms with Crippen LogP contribution < -0.4 is 5.32 Å². The smallest absolute Gasteiger partial charge is 0.322 e. The summed E-state index contributed by atoms with van der Waals surface area (Å²) in [6.45, 7) is 0.325. The van der Waals surface area contributed by atoms with Gasteiger partial charge in [0.15, 0.2) is 5.82 Å². The van der Waals surface area contributed by atoms with Gasteiger partial charge in [-0.15, -0.1) is 10.2 Å². The van der Waals surface area contributed by atoms with Crippen LogP contribution in [0.3, 0.4) is 0 Å². The van der Waals surface area contributed by atoms with Crippen molar-refractivity contribution in [2.45, 2.75) is 18.9 Å². The lowest BCUT2D eigenvalue weighted by molar-refractivity contribution is 0.117. The van der Waals surface area contributed by atoms with Crippen molar-refractivity contribution in [2.75, 3.05) is 18.9 Å². The molecule has 2 N–H and O–H groups in total. The lowest BCUT2D eigenvalue weighted by atomic mass is 10.1. The topological polar surface area (TPSA) is 78.4 Å². The zero-order valence-electron chi connectivity index (χ0n) is 13.0. The Balaban J connectivity index is 1.58. The Morgan fingerprint density at radius 3 is 2.61 bits per heavy atom. The molecule has 1 aliphatic carbocycles. The van der Waals surface area contributed by atoms with Crippen LogP contribution in [0.5, 0.6) is 0 Å². The summed E-state index contributed by atoms with van der Waals surface area (Å²) >= 11 is 0. The highest BCUT2D eigenvalue weighted by Gasteiger charge is 2.31. The first kappa shape index (κ1) is 15.4. The van der Waals surface area contributed by atoms with E-state index in [1.54, 1.807) is 13.1 Å². The van der Waals surface area contributed by atoms with Gasteiger partial charge in [-0.2, -0.15) is 0 Å². The quantitative estimate of drug-likeness (QED) is 0.888. The number of benzene rings is 1. The summed E-state index contributed by atoms with van der Waals surface area (Å²) in [5.74, 6) is 0.734. The molecule has 120 valence electrons. The Morgan fingerprint density at radius 1 is 1.26 bits per heavy atom. The molecule has 0 saturated heterocycles. The molecule has 6 nitrogen and oxygen atoms in total. The number of amides is 2. The highest BCUT2D eigenvalue weighted by molar-refractivity contribution is 5.88. The highest BCUT2D eigenvalue weighted by Crippen LogP contribution is 2.32. The van der Waals surface area contributed by atoms with E-state index in [0.717, 1.165) is 24.1 Å². The van der Waals surface area contributed by atoms with E-state index in [9.17, 15) is 9.90 Å². The molecular weight excluding hydrogens is 292 g/mol. The van der Waals surface area contributed by atoms with E-state index >= 15 is 0 Å². The van der Waals surface area contributed by atoms with E-state index in [-0.39, 0.29) is 6.03 Å². The third-order valence-corrected chi connectivity index (χ3v) is 3.94. The second-order valence-corrected chi connectivity index (χ2v) is 5.89. The van der Waals surface area contributed by atoms with E-state index < -0.39 is 6.10 Å². The highest BCUT2D eigenvalue weighted by atomic mass is 16.3. The molecule has 1 fully saturated rings. The fourth-order valence-electron chi connectivity index (χ4n) is 2.36. The number of nitrogens with one attached hydrogen (secondary N) is 1. The maximum atomic E-state index is 12.1. The molecule has 1 heterocycles. The molecule has 1 atom stereocenters. The zero-order valence-corrected chi connectivity index (χ0v) is 13.0. The Morgan fingerprint density at radius 2 is 2.00 bits per heavy atom. The number of rotatable bonds is 5. The Bertz CT molecular complexity index is 656. The van der Waals surface area contributed by atoms with Gasteiger partial charge < -0.3 is 10.0 Å². The molecule has 2 aromatic rings. The molecule has 3 rings (SSSR count). The number of hydrogen-bond donors (Lipinski definition) is 2. The summed E-state index contributed by atoms with van der Waals surface area (Å²) in [5, 5.41) is 20.7. The van der Waals surface area contributed by atoms with Crippen molar-refractivity contribution in [3.8, 4) is 11.3 Å². The molecule has 1 unspecified atom stereocenters. The van der Waals surface area contributed by atoms with Gasteiger partial charge in [0.2, 0.25) is 0 Å². The number of urea groups is 1. The van der Waals surface area contributed by atoms with Gasteiger partial charge in [0.1, 0.15) is 0 Å². The van der Waals surface area contributed by atoms with Crippen molar-refractivity contribution < 1.29 is 9.90 Å². The molecular formula is C17H20N4O2. The normalized spacial score (nSPS) is 15.0. The van der Waals surface area contributed by atoms with Crippen LogP contribution in [0.1, 0.15) is 12.8 Å². The summed E-state index contributed by atoms with van der Waals surface area (Å²) in [7, 11) is 1.66. The van der Waals surface area contributed by atoms with Crippen LogP contribution in [-0.2, 0) is 0 Å². The van der Waals surface area contributed by atoms with Crippen LogP contribution in [0.15, 0.2) is 42.5 Å². The summed E-state index contributed by atoms with van der Waals surface area (Å²) in [6, 6.07) is 13.0. The van der Waals surface area contributed by atoms with Gasteiger partial charge in [0.05, 0.1) is 11.8 Å². The van der Waals surface area contributed by atoms with Crippen LogP contribution >= 0.6 is 0 Å². The number of anilines is 1. The van der Waals surface area contributed by atoms with Crippen LogP contribution in [0.4, 0.5) is 10.6 Å². The maximum Gasteiger partial charge on any atom is 0.322 e. The molecule has 1 aromatic carbocycles. The molecule has 23 heavy (non-hydrogen) atoms. The van der Waals surface area contributed by atoms with Gasteiger partial charge in [-0.05, 0) is 30.9 Å². The maximum absolute atomic E-state index is 12.1. The first-order valence-electron chi connectivity index (χ1n) is 7.73. The predicted molar refractivity (Wildman–Crippen MR) is 87.8 cm³/mol. The standard InChI is InChI=1S/C17H20N4O2/c1-21(11-15(22)13-7-8-13)17(23)18-16-10-9-14(19-20-16)12-5-3-2-4-6-12/h2-6,9-10,13,15,22H,7-8,11H2,1H3,(H,18,20,23). The van der Waals surface area contributed by atoms with Crippen LogP contribution in [-0.4, -0.2) is 45.9 Å².